The maximum Gasteiger partial charge on any atom is 0.264 e. The Morgan fingerprint density at radius 3 is 2.77 bits per heavy atom. The Hall–Kier alpha value is -1.12. The third-order valence-electron chi connectivity index (χ3n) is 2.59. The lowest BCUT2D eigenvalue weighted by Gasteiger charge is -2.10. The molecule has 0 fully saturated rings. The highest BCUT2D eigenvalue weighted by molar-refractivity contribution is 5.18. The first-order valence-corrected chi connectivity index (χ1v) is 4.94. The van der Waals surface area contributed by atoms with Crippen molar-refractivity contribution in [3.63, 3.8) is 0 Å². The zero-order valence-electron chi connectivity index (χ0n) is 7.68. The van der Waals surface area contributed by atoms with Crippen LogP contribution in [0, 0.1) is 0 Å². The van der Waals surface area contributed by atoms with Gasteiger partial charge in [-0.05, 0) is 31.2 Å². The van der Waals surface area contributed by atoms with Crippen molar-refractivity contribution in [1.82, 2.24) is 10.2 Å². The average molecular weight is 178 g/mol. The molecule has 0 saturated carbocycles. The summed E-state index contributed by atoms with van der Waals surface area (Å²) in [5.41, 5.74) is 2.18. The molecule has 70 valence electrons. The SMILES string of the molecule is O=c1cc2c(n[nH]1)CCCCCC2. The number of rotatable bonds is 0. The lowest BCUT2D eigenvalue weighted by Crippen LogP contribution is -2.13. The molecular formula is C10H14N2O. The van der Waals surface area contributed by atoms with E-state index < -0.39 is 0 Å². The van der Waals surface area contributed by atoms with Crippen LogP contribution in [0.3, 0.4) is 0 Å². The van der Waals surface area contributed by atoms with Crippen molar-refractivity contribution in [3.05, 3.63) is 27.7 Å². The molecule has 1 aliphatic carbocycles. The summed E-state index contributed by atoms with van der Waals surface area (Å²) in [7, 11) is 0. The van der Waals surface area contributed by atoms with E-state index in [4.69, 9.17) is 0 Å². The van der Waals surface area contributed by atoms with Crippen LogP contribution < -0.4 is 5.56 Å². The molecule has 1 aromatic heterocycles. The number of aromatic nitrogens is 2. The molecule has 0 amide bonds. The zero-order valence-corrected chi connectivity index (χ0v) is 7.68. The van der Waals surface area contributed by atoms with Gasteiger partial charge in [-0.15, -0.1) is 0 Å². The van der Waals surface area contributed by atoms with E-state index in [1.807, 2.05) is 0 Å². The summed E-state index contributed by atoms with van der Waals surface area (Å²) in [5.74, 6) is 0. The molecule has 3 heteroatoms. The maximum atomic E-state index is 11.0. The van der Waals surface area contributed by atoms with Gasteiger partial charge in [-0.2, -0.15) is 5.10 Å². The summed E-state index contributed by atoms with van der Waals surface area (Å²) in [5, 5.41) is 6.58. The summed E-state index contributed by atoms with van der Waals surface area (Å²) in [6, 6.07) is 1.70. The van der Waals surface area contributed by atoms with Crippen LogP contribution in [0.25, 0.3) is 0 Å². The molecule has 0 atom stereocenters. The van der Waals surface area contributed by atoms with Crippen LogP contribution in [0.2, 0.25) is 0 Å². The van der Waals surface area contributed by atoms with Crippen LogP contribution in [-0.2, 0) is 12.8 Å². The predicted octanol–water partition coefficient (Wildman–Crippen LogP) is 1.43. The van der Waals surface area contributed by atoms with E-state index in [-0.39, 0.29) is 5.56 Å². The van der Waals surface area contributed by atoms with E-state index in [1.54, 1.807) is 6.07 Å². The molecule has 0 radical (unpaired) electrons. The van der Waals surface area contributed by atoms with Crippen LogP contribution in [0.1, 0.15) is 36.9 Å². The highest BCUT2D eigenvalue weighted by atomic mass is 16.1. The number of nitrogens with zero attached hydrogens (tertiary/aromatic N) is 1. The molecule has 0 spiro atoms. The molecular weight excluding hydrogens is 164 g/mol. The van der Waals surface area contributed by atoms with Gasteiger partial charge in [0.1, 0.15) is 0 Å². The molecule has 0 aromatic carbocycles. The van der Waals surface area contributed by atoms with Gasteiger partial charge < -0.3 is 0 Å². The highest BCUT2D eigenvalue weighted by Crippen LogP contribution is 2.15. The van der Waals surface area contributed by atoms with E-state index in [0.717, 1.165) is 24.1 Å². The van der Waals surface area contributed by atoms with Crippen LogP contribution in [0.5, 0.6) is 0 Å². The second-order valence-electron chi connectivity index (χ2n) is 3.62. The summed E-state index contributed by atoms with van der Waals surface area (Å²) < 4.78 is 0. The van der Waals surface area contributed by atoms with Crippen molar-refractivity contribution in [2.45, 2.75) is 38.5 Å². The quantitative estimate of drug-likeness (QED) is 0.653. The first-order valence-electron chi connectivity index (χ1n) is 4.94. The number of H-pyrrole nitrogens is 1. The largest absolute Gasteiger partial charge is 0.268 e. The van der Waals surface area contributed by atoms with Crippen molar-refractivity contribution in [3.8, 4) is 0 Å². The van der Waals surface area contributed by atoms with Gasteiger partial charge in [-0.3, -0.25) is 4.79 Å². The predicted molar refractivity (Wildman–Crippen MR) is 50.7 cm³/mol. The van der Waals surface area contributed by atoms with Crippen molar-refractivity contribution < 1.29 is 0 Å². The second-order valence-corrected chi connectivity index (χ2v) is 3.62. The molecule has 0 unspecified atom stereocenters. The minimum Gasteiger partial charge on any atom is -0.268 e. The Kier molecular flexibility index (Phi) is 2.43. The summed E-state index contributed by atoms with van der Waals surface area (Å²) in [6.07, 6.45) is 7.01. The second kappa shape index (κ2) is 3.73. The number of nitrogens with one attached hydrogen (secondary N) is 1. The molecule has 1 N–H and O–H groups in total. The fourth-order valence-electron chi connectivity index (χ4n) is 1.86. The topological polar surface area (TPSA) is 45.8 Å². The average Bonchev–Trinajstić information content (AvgIpc) is 2.08. The van der Waals surface area contributed by atoms with Gasteiger partial charge in [0.25, 0.3) is 5.56 Å². The zero-order chi connectivity index (χ0) is 9.10. The highest BCUT2D eigenvalue weighted by Gasteiger charge is 2.08. The van der Waals surface area contributed by atoms with E-state index >= 15 is 0 Å². The van der Waals surface area contributed by atoms with Gasteiger partial charge in [-0.25, -0.2) is 5.10 Å². The normalized spacial score (nSPS) is 17.2. The van der Waals surface area contributed by atoms with Gasteiger partial charge >= 0.3 is 0 Å². The third-order valence-corrected chi connectivity index (χ3v) is 2.59. The molecule has 3 nitrogen and oxygen atoms in total. The molecule has 1 aromatic rings. The van der Waals surface area contributed by atoms with Gasteiger partial charge in [0.05, 0.1) is 5.69 Å². The summed E-state index contributed by atoms with van der Waals surface area (Å²) >= 11 is 0. The fourth-order valence-corrected chi connectivity index (χ4v) is 1.86. The minimum absolute atomic E-state index is 0.0701. The van der Waals surface area contributed by atoms with Gasteiger partial charge in [0, 0.05) is 6.07 Å². The number of hydrogen-bond acceptors (Lipinski definition) is 2. The van der Waals surface area contributed by atoms with Gasteiger partial charge in [0.15, 0.2) is 0 Å². The van der Waals surface area contributed by atoms with Crippen molar-refractivity contribution >= 4 is 0 Å². The summed E-state index contributed by atoms with van der Waals surface area (Å²) in [6.45, 7) is 0. The Bertz CT molecular complexity index is 343. The van der Waals surface area contributed by atoms with E-state index in [2.05, 4.69) is 10.2 Å². The van der Waals surface area contributed by atoms with E-state index in [9.17, 15) is 4.79 Å². The van der Waals surface area contributed by atoms with Crippen LogP contribution in [0.15, 0.2) is 10.9 Å². The summed E-state index contributed by atoms with van der Waals surface area (Å²) in [4.78, 5) is 11.0. The standard InChI is InChI=1S/C10H14N2O/c13-10-7-8-5-3-1-2-4-6-9(8)11-12-10/h7H,1-6H2,(H,12,13). The van der Waals surface area contributed by atoms with Crippen molar-refractivity contribution in [2.24, 2.45) is 0 Å². The number of fused-ring (bicyclic) bond motifs is 1. The lowest BCUT2D eigenvalue weighted by molar-refractivity contribution is 0.601. The Morgan fingerprint density at radius 1 is 1.15 bits per heavy atom. The maximum absolute atomic E-state index is 11.0. The van der Waals surface area contributed by atoms with Crippen LogP contribution in [0.4, 0.5) is 0 Å². The van der Waals surface area contributed by atoms with Crippen molar-refractivity contribution in [2.75, 3.05) is 0 Å². The Balaban J connectivity index is 2.33. The Labute approximate surface area is 77.2 Å². The van der Waals surface area contributed by atoms with Gasteiger partial charge in [0.2, 0.25) is 0 Å². The smallest absolute Gasteiger partial charge is 0.264 e. The lowest BCUT2D eigenvalue weighted by atomic mass is 9.98. The molecule has 0 bridgehead atoms. The minimum atomic E-state index is -0.0701. The molecule has 0 saturated heterocycles. The number of aryl methyl sites for hydroxylation is 2. The van der Waals surface area contributed by atoms with Gasteiger partial charge in [-0.1, -0.05) is 12.8 Å². The molecule has 13 heavy (non-hydrogen) atoms. The van der Waals surface area contributed by atoms with E-state index in [1.165, 1.54) is 25.7 Å². The van der Waals surface area contributed by atoms with Crippen LogP contribution in [-0.4, -0.2) is 10.2 Å². The Morgan fingerprint density at radius 2 is 1.92 bits per heavy atom. The monoisotopic (exact) mass is 178 g/mol. The number of aromatic amines is 1. The molecule has 1 heterocycles. The van der Waals surface area contributed by atoms with Crippen LogP contribution >= 0.6 is 0 Å². The van der Waals surface area contributed by atoms with Crippen molar-refractivity contribution in [1.29, 1.82) is 0 Å². The molecule has 0 aliphatic heterocycles. The first kappa shape index (κ1) is 8.48. The number of hydrogen-bond donors (Lipinski definition) is 1. The molecule has 2 rings (SSSR count). The third kappa shape index (κ3) is 1.97. The fraction of sp³-hybridized carbons (Fsp3) is 0.600. The molecule has 1 aliphatic rings. The van der Waals surface area contributed by atoms with E-state index in [0.29, 0.717) is 0 Å². The first-order chi connectivity index (χ1) is 6.36.